The number of thiazole rings is 1. The van der Waals surface area contributed by atoms with E-state index in [0.29, 0.717) is 54.0 Å². The first-order valence-corrected chi connectivity index (χ1v) is 11.8. The Morgan fingerprint density at radius 3 is 2.37 bits per heavy atom. The van der Waals surface area contributed by atoms with Crippen LogP contribution in [0, 0.1) is 0 Å². The van der Waals surface area contributed by atoms with Crippen molar-refractivity contribution in [1.29, 1.82) is 0 Å². The molecule has 0 atom stereocenters. The molecule has 0 aliphatic carbocycles. The van der Waals surface area contributed by atoms with Crippen LogP contribution < -0.4 is 14.8 Å². The molecule has 158 valence electrons. The van der Waals surface area contributed by atoms with Gasteiger partial charge >= 0.3 is 0 Å². The number of anilines is 1. The summed E-state index contributed by atoms with van der Waals surface area (Å²) >= 11 is 1.33. The predicted molar refractivity (Wildman–Crippen MR) is 115 cm³/mol. The second-order valence-electron chi connectivity index (χ2n) is 6.55. The number of carbonyl (C=O) groups excluding carboxylic acids is 1. The van der Waals surface area contributed by atoms with Crippen molar-refractivity contribution < 1.29 is 22.7 Å². The first-order chi connectivity index (χ1) is 14.4. The van der Waals surface area contributed by atoms with Crippen LogP contribution in [-0.2, 0) is 10.0 Å². The Morgan fingerprint density at radius 1 is 1.10 bits per heavy atom. The highest BCUT2D eigenvalue weighted by molar-refractivity contribution is 7.89. The van der Waals surface area contributed by atoms with Crippen LogP contribution in [0.15, 0.2) is 41.3 Å². The fraction of sp³-hybridized carbons (Fsp3) is 0.300. The molecule has 1 aliphatic rings. The minimum absolute atomic E-state index is 0.160. The van der Waals surface area contributed by atoms with E-state index in [1.54, 1.807) is 19.9 Å². The lowest BCUT2D eigenvalue weighted by molar-refractivity contribution is 0.102. The summed E-state index contributed by atoms with van der Waals surface area (Å²) in [6, 6.07) is 9.54. The highest BCUT2D eigenvalue weighted by atomic mass is 32.2. The van der Waals surface area contributed by atoms with Gasteiger partial charge in [0.25, 0.3) is 5.91 Å². The Hall–Kier alpha value is -2.69. The SMILES string of the molecule is CCN(CC)S(=O)(=O)c1ccc(C(=O)Nc2nc3cc4c(cc3s2)OCCO4)cc1. The maximum absolute atomic E-state index is 12.6. The number of nitrogens with zero attached hydrogens (tertiary/aromatic N) is 2. The van der Waals surface area contributed by atoms with Crippen LogP contribution in [0.1, 0.15) is 24.2 Å². The molecule has 3 aromatic rings. The zero-order chi connectivity index (χ0) is 21.3. The maximum Gasteiger partial charge on any atom is 0.257 e. The van der Waals surface area contributed by atoms with Gasteiger partial charge in [-0.1, -0.05) is 25.2 Å². The zero-order valence-corrected chi connectivity index (χ0v) is 18.2. The van der Waals surface area contributed by atoms with Gasteiger partial charge in [0.15, 0.2) is 16.6 Å². The first-order valence-electron chi connectivity index (χ1n) is 9.54. The molecule has 2 heterocycles. The second-order valence-corrected chi connectivity index (χ2v) is 9.52. The van der Waals surface area contributed by atoms with E-state index < -0.39 is 10.0 Å². The number of nitrogens with one attached hydrogen (secondary N) is 1. The number of aromatic nitrogens is 1. The van der Waals surface area contributed by atoms with Crippen LogP contribution in [-0.4, -0.2) is 49.9 Å². The van der Waals surface area contributed by atoms with Gasteiger partial charge in [-0.05, 0) is 24.3 Å². The lowest BCUT2D eigenvalue weighted by Gasteiger charge is -2.18. The highest BCUT2D eigenvalue weighted by Crippen LogP contribution is 2.37. The number of benzene rings is 2. The number of hydrogen-bond acceptors (Lipinski definition) is 7. The second kappa shape index (κ2) is 8.21. The van der Waals surface area contributed by atoms with Gasteiger partial charge in [-0.25, -0.2) is 13.4 Å². The molecule has 4 rings (SSSR count). The molecule has 0 saturated carbocycles. The van der Waals surface area contributed by atoms with Crippen LogP contribution in [0.25, 0.3) is 10.2 Å². The topological polar surface area (TPSA) is 97.8 Å². The van der Waals surface area contributed by atoms with Crippen molar-refractivity contribution in [2.24, 2.45) is 0 Å². The van der Waals surface area contributed by atoms with Gasteiger partial charge in [0.1, 0.15) is 13.2 Å². The molecule has 0 fully saturated rings. The van der Waals surface area contributed by atoms with Crippen LogP contribution in [0.3, 0.4) is 0 Å². The maximum atomic E-state index is 12.6. The van der Waals surface area contributed by atoms with E-state index in [4.69, 9.17) is 9.47 Å². The number of hydrogen-bond donors (Lipinski definition) is 1. The van der Waals surface area contributed by atoms with E-state index in [1.165, 1.54) is 39.9 Å². The average molecular weight is 448 g/mol. The Bertz CT molecular complexity index is 1140. The van der Waals surface area contributed by atoms with Gasteiger partial charge in [-0.15, -0.1) is 0 Å². The van der Waals surface area contributed by atoms with Gasteiger partial charge in [0.05, 0.1) is 15.1 Å². The van der Waals surface area contributed by atoms with E-state index in [2.05, 4.69) is 10.3 Å². The Morgan fingerprint density at radius 2 is 1.73 bits per heavy atom. The largest absolute Gasteiger partial charge is 0.486 e. The van der Waals surface area contributed by atoms with Crippen molar-refractivity contribution in [3.05, 3.63) is 42.0 Å². The van der Waals surface area contributed by atoms with Crippen molar-refractivity contribution in [3.8, 4) is 11.5 Å². The van der Waals surface area contributed by atoms with Gasteiger partial charge < -0.3 is 9.47 Å². The number of amides is 1. The Labute approximate surface area is 178 Å². The summed E-state index contributed by atoms with van der Waals surface area (Å²) in [7, 11) is -3.56. The van der Waals surface area contributed by atoms with E-state index in [-0.39, 0.29) is 10.8 Å². The summed E-state index contributed by atoms with van der Waals surface area (Å²) in [6.45, 7) is 5.34. The summed E-state index contributed by atoms with van der Waals surface area (Å²) in [5, 5.41) is 3.21. The van der Waals surface area contributed by atoms with E-state index in [1.807, 2.05) is 6.07 Å². The summed E-state index contributed by atoms with van der Waals surface area (Å²) < 4.78 is 38.5. The normalized spacial score (nSPS) is 13.6. The van der Waals surface area contributed by atoms with Crippen molar-refractivity contribution in [3.63, 3.8) is 0 Å². The Kier molecular flexibility index (Phi) is 5.63. The predicted octanol–water partition coefficient (Wildman–Crippen LogP) is 3.35. The van der Waals surface area contributed by atoms with Gasteiger partial charge in [0, 0.05) is 30.8 Å². The lowest BCUT2D eigenvalue weighted by Crippen LogP contribution is -2.30. The van der Waals surface area contributed by atoms with Gasteiger partial charge in [-0.3, -0.25) is 10.1 Å². The fourth-order valence-corrected chi connectivity index (χ4v) is 5.51. The van der Waals surface area contributed by atoms with E-state index in [9.17, 15) is 13.2 Å². The van der Waals surface area contributed by atoms with Gasteiger partial charge in [-0.2, -0.15) is 4.31 Å². The number of sulfonamides is 1. The number of carbonyl (C=O) groups is 1. The fourth-order valence-electron chi connectivity index (χ4n) is 3.18. The molecule has 0 spiro atoms. The minimum atomic E-state index is -3.56. The average Bonchev–Trinajstić information content (AvgIpc) is 3.13. The molecular weight excluding hydrogens is 426 g/mol. The van der Waals surface area contributed by atoms with Crippen LogP contribution >= 0.6 is 11.3 Å². The smallest absolute Gasteiger partial charge is 0.257 e. The molecule has 0 bridgehead atoms. The third-order valence-corrected chi connectivity index (χ3v) is 7.73. The molecule has 0 saturated heterocycles. The standard InChI is InChI=1S/C20H21N3O5S2/c1-3-23(4-2)30(25,26)14-7-5-13(6-8-14)19(24)22-20-21-15-11-16-17(12-18(15)29-20)28-10-9-27-16/h5-8,11-12H,3-4,9-10H2,1-2H3,(H,21,22,24). The Balaban J connectivity index is 1.52. The van der Waals surface area contributed by atoms with Crippen LogP contribution in [0.5, 0.6) is 11.5 Å². The summed E-state index contributed by atoms with van der Waals surface area (Å²) in [5.41, 5.74) is 1.05. The molecule has 1 N–H and O–H groups in total. The minimum Gasteiger partial charge on any atom is -0.486 e. The molecule has 1 aromatic heterocycles. The third kappa shape index (κ3) is 3.85. The van der Waals surface area contributed by atoms with Crippen LogP contribution in [0.4, 0.5) is 5.13 Å². The van der Waals surface area contributed by atoms with E-state index >= 15 is 0 Å². The zero-order valence-electron chi connectivity index (χ0n) is 16.5. The molecule has 30 heavy (non-hydrogen) atoms. The highest BCUT2D eigenvalue weighted by Gasteiger charge is 2.22. The molecular formula is C20H21N3O5S2. The van der Waals surface area contributed by atoms with E-state index in [0.717, 1.165) is 4.70 Å². The molecule has 10 heteroatoms. The molecule has 1 aliphatic heterocycles. The number of fused-ring (bicyclic) bond motifs is 2. The quantitative estimate of drug-likeness (QED) is 0.622. The monoisotopic (exact) mass is 447 g/mol. The molecule has 0 radical (unpaired) electrons. The van der Waals surface area contributed by atoms with Crippen molar-refractivity contribution in [1.82, 2.24) is 9.29 Å². The van der Waals surface area contributed by atoms with Crippen molar-refractivity contribution in [2.45, 2.75) is 18.7 Å². The van der Waals surface area contributed by atoms with Crippen LogP contribution in [0.2, 0.25) is 0 Å². The molecule has 0 unspecified atom stereocenters. The van der Waals surface area contributed by atoms with Crippen molar-refractivity contribution in [2.75, 3.05) is 31.6 Å². The summed E-state index contributed by atoms with van der Waals surface area (Å²) in [5.74, 6) is 0.945. The third-order valence-electron chi connectivity index (χ3n) is 4.73. The lowest BCUT2D eigenvalue weighted by atomic mass is 10.2. The van der Waals surface area contributed by atoms with Crippen molar-refractivity contribution >= 4 is 42.6 Å². The summed E-state index contributed by atoms with van der Waals surface area (Å²) in [4.78, 5) is 17.2. The first kappa shape index (κ1) is 20.6. The van der Waals surface area contributed by atoms with Gasteiger partial charge in [0.2, 0.25) is 10.0 Å². The number of ether oxygens (including phenoxy) is 2. The molecule has 8 nitrogen and oxygen atoms in total. The molecule has 2 aromatic carbocycles. The molecule has 1 amide bonds. The summed E-state index contributed by atoms with van der Waals surface area (Å²) in [6.07, 6.45) is 0. The number of rotatable bonds is 6.